The molecule has 0 aliphatic rings. The second kappa shape index (κ2) is 11.0. The van der Waals surface area contributed by atoms with Crippen molar-refractivity contribution in [3.63, 3.8) is 0 Å². The number of nitro benzene ring substituents is 1. The molecule has 38 heavy (non-hydrogen) atoms. The lowest BCUT2D eigenvalue weighted by atomic mass is 10.1. The minimum atomic E-state index is -0.390. The molecule has 0 bridgehead atoms. The average molecular weight is 519 g/mol. The number of nitrogens with zero attached hydrogens (tertiary/aromatic N) is 7. The number of fused-ring (bicyclic) bond motifs is 1. The van der Waals surface area contributed by atoms with Gasteiger partial charge in [0.2, 0.25) is 5.95 Å². The van der Waals surface area contributed by atoms with Gasteiger partial charge in [-0.25, -0.2) is 15.0 Å². The quantitative estimate of drug-likeness (QED) is 0.228. The number of ether oxygens (including phenoxy) is 1. The lowest BCUT2D eigenvalue weighted by Gasteiger charge is -2.22. The number of anilines is 3. The Labute approximate surface area is 222 Å². The van der Waals surface area contributed by atoms with Crippen LogP contribution < -0.4 is 15.0 Å². The molecule has 0 amide bonds. The van der Waals surface area contributed by atoms with E-state index in [9.17, 15) is 10.1 Å². The predicted octanol–water partition coefficient (Wildman–Crippen LogP) is 5.04. The fraction of sp³-hybridized carbons (Fsp3) is 0.370. The van der Waals surface area contributed by atoms with E-state index in [2.05, 4.69) is 44.7 Å². The summed E-state index contributed by atoms with van der Waals surface area (Å²) in [5.74, 6) is 1.72. The Bertz CT molecular complexity index is 1460. The molecular formula is C27H34N8O3. The van der Waals surface area contributed by atoms with Crippen LogP contribution in [0.1, 0.15) is 25.7 Å². The number of methoxy groups -OCH3 is 1. The van der Waals surface area contributed by atoms with Crippen LogP contribution in [0, 0.1) is 17.0 Å². The monoisotopic (exact) mass is 518 g/mol. The molecule has 0 saturated heterocycles. The molecule has 0 atom stereocenters. The molecule has 2 heterocycles. The lowest BCUT2D eigenvalue weighted by molar-refractivity contribution is -0.384. The highest BCUT2D eigenvalue weighted by Gasteiger charge is 2.22. The SMILES string of the molecule is COc1cc(N(C)CCN(C)C)c([N+](=O)[O-])cc1Nc1nccc(-c2ccc3nc(C)n(C(C)C)c3c2)n1. The zero-order valence-corrected chi connectivity index (χ0v) is 22.9. The summed E-state index contributed by atoms with van der Waals surface area (Å²) in [6.07, 6.45) is 1.66. The third-order valence-corrected chi connectivity index (χ3v) is 6.37. The van der Waals surface area contributed by atoms with Crippen molar-refractivity contribution in [2.75, 3.05) is 51.6 Å². The van der Waals surface area contributed by atoms with Gasteiger partial charge >= 0.3 is 0 Å². The van der Waals surface area contributed by atoms with Crippen LogP contribution in [0.3, 0.4) is 0 Å². The van der Waals surface area contributed by atoms with Crippen LogP contribution in [0.25, 0.3) is 22.3 Å². The molecule has 0 spiro atoms. The summed E-state index contributed by atoms with van der Waals surface area (Å²) in [6, 6.07) is 11.3. The molecule has 1 N–H and O–H groups in total. The van der Waals surface area contributed by atoms with Gasteiger partial charge in [0.15, 0.2) is 0 Å². The lowest BCUT2D eigenvalue weighted by Crippen LogP contribution is -2.28. The van der Waals surface area contributed by atoms with Gasteiger partial charge in [-0.15, -0.1) is 0 Å². The number of hydrogen-bond acceptors (Lipinski definition) is 9. The van der Waals surface area contributed by atoms with E-state index in [-0.39, 0.29) is 11.7 Å². The molecule has 0 aliphatic carbocycles. The number of hydrogen-bond donors (Lipinski definition) is 1. The third kappa shape index (κ3) is 5.52. The number of rotatable bonds is 10. The first-order valence-electron chi connectivity index (χ1n) is 12.4. The van der Waals surface area contributed by atoms with Gasteiger partial charge in [-0.2, -0.15) is 0 Å². The fourth-order valence-corrected chi connectivity index (χ4v) is 4.47. The number of benzene rings is 2. The van der Waals surface area contributed by atoms with Crippen molar-refractivity contribution in [2.45, 2.75) is 26.8 Å². The van der Waals surface area contributed by atoms with Gasteiger partial charge in [0.05, 0.1) is 34.4 Å². The van der Waals surface area contributed by atoms with E-state index in [0.717, 1.165) is 29.0 Å². The summed E-state index contributed by atoms with van der Waals surface area (Å²) in [7, 11) is 7.28. The van der Waals surface area contributed by atoms with E-state index in [1.165, 1.54) is 13.2 Å². The standard InChI is InChI=1S/C27H34N8O3/c1-17(2)34-18(3)29-21-9-8-19(14-23(21)34)20-10-11-28-27(30-20)31-22-15-25(35(36)37)24(16-26(22)38-7)33(6)13-12-32(4)5/h8-11,14-17H,12-13H2,1-7H3,(H,28,30,31). The van der Waals surface area contributed by atoms with Crippen molar-refractivity contribution >= 4 is 34.0 Å². The zero-order valence-electron chi connectivity index (χ0n) is 22.9. The van der Waals surface area contributed by atoms with Crippen LogP contribution >= 0.6 is 0 Å². The Morgan fingerprint density at radius 2 is 1.87 bits per heavy atom. The smallest absolute Gasteiger partial charge is 0.294 e. The van der Waals surface area contributed by atoms with E-state index in [4.69, 9.17) is 4.74 Å². The maximum atomic E-state index is 12.0. The number of nitrogens with one attached hydrogen (secondary N) is 1. The molecule has 0 fully saturated rings. The molecule has 11 nitrogen and oxygen atoms in total. The fourth-order valence-electron chi connectivity index (χ4n) is 4.47. The van der Waals surface area contributed by atoms with E-state index >= 15 is 0 Å². The first kappa shape index (κ1) is 26.8. The van der Waals surface area contributed by atoms with Crippen molar-refractivity contribution in [2.24, 2.45) is 0 Å². The van der Waals surface area contributed by atoms with Crippen LogP contribution in [-0.2, 0) is 0 Å². The second-order valence-electron chi connectivity index (χ2n) is 9.74. The Balaban J connectivity index is 1.69. The number of aryl methyl sites for hydroxylation is 1. The summed E-state index contributed by atoms with van der Waals surface area (Å²) < 4.78 is 7.78. The average Bonchev–Trinajstić information content (AvgIpc) is 3.22. The molecule has 2 aromatic heterocycles. The maximum absolute atomic E-state index is 12.0. The van der Waals surface area contributed by atoms with Gasteiger partial charge in [0, 0.05) is 50.1 Å². The number of aromatic nitrogens is 4. The summed E-state index contributed by atoms with van der Waals surface area (Å²) in [6.45, 7) is 7.63. The molecule has 2 aromatic carbocycles. The molecule has 11 heteroatoms. The summed E-state index contributed by atoms with van der Waals surface area (Å²) >= 11 is 0. The molecule has 0 unspecified atom stereocenters. The zero-order chi connectivity index (χ0) is 27.6. The highest BCUT2D eigenvalue weighted by atomic mass is 16.6. The normalized spacial score (nSPS) is 11.4. The van der Waals surface area contributed by atoms with Crippen molar-refractivity contribution in [3.05, 3.63) is 58.5 Å². The maximum Gasteiger partial charge on any atom is 0.294 e. The topological polar surface area (TPSA) is 114 Å². The highest BCUT2D eigenvalue weighted by molar-refractivity contribution is 5.82. The van der Waals surface area contributed by atoms with Crippen molar-refractivity contribution in [1.29, 1.82) is 0 Å². The first-order chi connectivity index (χ1) is 18.1. The van der Waals surface area contributed by atoms with Gasteiger partial charge < -0.3 is 24.4 Å². The van der Waals surface area contributed by atoms with Crippen LogP contribution in [0.5, 0.6) is 5.75 Å². The van der Waals surface area contributed by atoms with Crippen molar-refractivity contribution in [1.82, 2.24) is 24.4 Å². The van der Waals surface area contributed by atoms with Gasteiger partial charge in [-0.05, 0) is 53.1 Å². The Morgan fingerprint density at radius 3 is 2.53 bits per heavy atom. The van der Waals surface area contributed by atoms with Crippen molar-refractivity contribution < 1.29 is 9.66 Å². The molecular weight excluding hydrogens is 484 g/mol. The van der Waals surface area contributed by atoms with Gasteiger partial charge in [0.25, 0.3) is 5.69 Å². The van der Waals surface area contributed by atoms with Crippen molar-refractivity contribution in [3.8, 4) is 17.0 Å². The summed E-state index contributed by atoms with van der Waals surface area (Å²) in [4.78, 5) is 29.1. The Morgan fingerprint density at radius 1 is 1.11 bits per heavy atom. The third-order valence-electron chi connectivity index (χ3n) is 6.37. The van der Waals surface area contributed by atoms with E-state index in [0.29, 0.717) is 35.3 Å². The van der Waals surface area contributed by atoms with E-state index in [1.54, 1.807) is 12.3 Å². The molecule has 0 saturated carbocycles. The number of likely N-dealkylation sites (N-methyl/N-ethyl adjacent to an activating group) is 2. The molecule has 0 aliphatic heterocycles. The number of imidazole rings is 1. The first-order valence-corrected chi connectivity index (χ1v) is 12.4. The summed E-state index contributed by atoms with van der Waals surface area (Å²) in [5, 5.41) is 15.1. The largest absolute Gasteiger partial charge is 0.494 e. The minimum absolute atomic E-state index is 0.0338. The van der Waals surface area contributed by atoms with Gasteiger partial charge in [-0.1, -0.05) is 6.07 Å². The molecule has 200 valence electrons. The predicted molar refractivity (Wildman–Crippen MR) is 151 cm³/mol. The highest BCUT2D eigenvalue weighted by Crippen LogP contribution is 2.39. The summed E-state index contributed by atoms with van der Waals surface area (Å²) in [5.41, 5.74) is 4.44. The van der Waals surface area contributed by atoms with Gasteiger partial charge in [-0.3, -0.25) is 10.1 Å². The Kier molecular flexibility index (Phi) is 7.77. The minimum Gasteiger partial charge on any atom is -0.494 e. The van der Waals surface area contributed by atoms with E-state index < -0.39 is 4.92 Å². The molecule has 4 aromatic rings. The second-order valence-corrected chi connectivity index (χ2v) is 9.74. The van der Waals surface area contributed by atoms with Crippen LogP contribution in [0.15, 0.2) is 42.6 Å². The molecule has 0 radical (unpaired) electrons. The molecule has 4 rings (SSSR count). The van der Waals surface area contributed by atoms with Crippen LogP contribution in [0.4, 0.5) is 23.0 Å². The van der Waals surface area contributed by atoms with E-state index in [1.807, 2.05) is 56.1 Å². The van der Waals surface area contributed by atoms with Crippen LogP contribution in [-0.4, -0.2) is 70.7 Å². The van der Waals surface area contributed by atoms with Crippen LogP contribution in [0.2, 0.25) is 0 Å². The Hall–Kier alpha value is -4.25. The van der Waals surface area contributed by atoms with Gasteiger partial charge in [0.1, 0.15) is 17.3 Å². The number of nitro groups is 1.